The Hall–Kier alpha value is -1.39. The van der Waals surface area contributed by atoms with Crippen molar-refractivity contribution in [3.05, 3.63) is 35.9 Å². The van der Waals surface area contributed by atoms with Crippen LogP contribution in [0.2, 0.25) is 0 Å². The third kappa shape index (κ3) is 5.55. The van der Waals surface area contributed by atoms with Gasteiger partial charge in [0, 0.05) is 19.6 Å². The minimum Gasteiger partial charge on any atom is -0.364 e. The normalized spacial score (nSPS) is 23.8. The first-order valence-electron chi connectivity index (χ1n) is 10.3. The minimum absolute atomic E-state index is 0.151. The molecule has 2 aliphatic rings. The average molecular weight is 359 g/mol. The second-order valence-electron chi connectivity index (χ2n) is 8.21. The predicted molar refractivity (Wildman–Crippen MR) is 105 cm³/mol. The number of carbonyl (C=O) groups is 1. The Balaban J connectivity index is 1.44. The van der Waals surface area contributed by atoms with Crippen LogP contribution in [0.25, 0.3) is 0 Å². The van der Waals surface area contributed by atoms with E-state index in [0.717, 1.165) is 37.5 Å². The van der Waals surface area contributed by atoms with Gasteiger partial charge >= 0.3 is 0 Å². The number of amides is 1. The van der Waals surface area contributed by atoms with Crippen molar-refractivity contribution < 1.29 is 9.53 Å². The van der Waals surface area contributed by atoms with E-state index in [2.05, 4.69) is 11.8 Å². The van der Waals surface area contributed by atoms with Crippen molar-refractivity contribution in [3.63, 3.8) is 0 Å². The maximum Gasteiger partial charge on any atom is 0.251 e. The topological polar surface area (TPSA) is 32.8 Å². The van der Waals surface area contributed by atoms with E-state index >= 15 is 0 Å². The van der Waals surface area contributed by atoms with Crippen molar-refractivity contribution in [2.24, 2.45) is 11.8 Å². The number of carbonyl (C=O) groups excluding carboxylic acids is 1. The number of ether oxygens (including phenoxy) is 1. The number of hydrogen-bond donors (Lipinski definition) is 0. The SMILES string of the molecule is CC1CCN(C[C@H]2CCCN(C(=O)[C@@H](C)OCc3ccccc3)C2)CC1. The van der Waals surface area contributed by atoms with Gasteiger partial charge in [-0.25, -0.2) is 0 Å². The van der Waals surface area contributed by atoms with Crippen LogP contribution in [-0.2, 0) is 16.1 Å². The number of piperidine rings is 2. The summed E-state index contributed by atoms with van der Waals surface area (Å²) in [6, 6.07) is 10.1. The van der Waals surface area contributed by atoms with Gasteiger partial charge in [0.15, 0.2) is 0 Å². The van der Waals surface area contributed by atoms with Gasteiger partial charge in [-0.15, -0.1) is 0 Å². The summed E-state index contributed by atoms with van der Waals surface area (Å²) in [7, 11) is 0. The van der Waals surface area contributed by atoms with E-state index in [4.69, 9.17) is 4.74 Å². The largest absolute Gasteiger partial charge is 0.364 e. The Bertz CT molecular complexity index is 555. The predicted octanol–water partition coefficient (Wildman–Crippen LogP) is 3.56. The highest BCUT2D eigenvalue weighted by molar-refractivity contribution is 5.80. The van der Waals surface area contributed by atoms with Crippen molar-refractivity contribution in [2.75, 3.05) is 32.7 Å². The van der Waals surface area contributed by atoms with Crippen LogP contribution in [0.15, 0.2) is 30.3 Å². The summed E-state index contributed by atoms with van der Waals surface area (Å²) in [5, 5.41) is 0. The number of likely N-dealkylation sites (tertiary alicyclic amines) is 2. The first kappa shape index (κ1) is 19.4. The lowest BCUT2D eigenvalue weighted by molar-refractivity contribution is -0.145. The molecule has 4 heteroatoms. The Morgan fingerprint density at radius 2 is 1.88 bits per heavy atom. The summed E-state index contributed by atoms with van der Waals surface area (Å²) < 4.78 is 5.84. The maximum absolute atomic E-state index is 12.8. The number of rotatable bonds is 6. The van der Waals surface area contributed by atoms with Crippen molar-refractivity contribution >= 4 is 5.91 Å². The van der Waals surface area contributed by atoms with E-state index in [1.54, 1.807) is 0 Å². The van der Waals surface area contributed by atoms with Gasteiger partial charge in [0.2, 0.25) is 0 Å². The van der Waals surface area contributed by atoms with Crippen LogP contribution >= 0.6 is 0 Å². The fraction of sp³-hybridized carbons (Fsp3) is 0.682. The summed E-state index contributed by atoms with van der Waals surface area (Å²) in [4.78, 5) is 17.4. The van der Waals surface area contributed by atoms with Crippen molar-refractivity contribution in [1.82, 2.24) is 9.80 Å². The molecule has 2 saturated heterocycles. The lowest BCUT2D eigenvalue weighted by atomic mass is 9.94. The highest BCUT2D eigenvalue weighted by atomic mass is 16.5. The molecule has 2 aliphatic heterocycles. The fourth-order valence-electron chi connectivity index (χ4n) is 4.15. The van der Waals surface area contributed by atoms with Crippen LogP contribution in [0.5, 0.6) is 0 Å². The average Bonchev–Trinajstić information content (AvgIpc) is 2.68. The van der Waals surface area contributed by atoms with Gasteiger partial charge in [-0.05, 0) is 63.1 Å². The summed E-state index contributed by atoms with van der Waals surface area (Å²) in [6.45, 7) is 10.1. The first-order valence-corrected chi connectivity index (χ1v) is 10.3. The molecule has 4 nitrogen and oxygen atoms in total. The highest BCUT2D eigenvalue weighted by Crippen LogP contribution is 2.22. The number of nitrogens with zero attached hydrogens (tertiary/aromatic N) is 2. The van der Waals surface area contributed by atoms with Crippen LogP contribution in [0.4, 0.5) is 0 Å². The first-order chi connectivity index (χ1) is 12.6. The van der Waals surface area contributed by atoms with Crippen molar-refractivity contribution in [2.45, 2.75) is 52.2 Å². The monoisotopic (exact) mass is 358 g/mol. The molecule has 0 spiro atoms. The van der Waals surface area contributed by atoms with Gasteiger partial charge in [0.25, 0.3) is 5.91 Å². The van der Waals surface area contributed by atoms with Crippen molar-refractivity contribution in [1.29, 1.82) is 0 Å². The Morgan fingerprint density at radius 1 is 1.15 bits per heavy atom. The molecule has 1 aromatic rings. The Kier molecular flexibility index (Phi) is 7.09. The molecule has 26 heavy (non-hydrogen) atoms. The molecule has 0 radical (unpaired) electrons. The molecule has 0 unspecified atom stereocenters. The van der Waals surface area contributed by atoms with Gasteiger partial charge in [0.1, 0.15) is 6.10 Å². The molecule has 0 aliphatic carbocycles. The molecule has 2 heterocycles. The second-order valence-corrected chi connectivity index (χ2v) is 8.21. The molecule has 0 N–H and O–H groups in total. The third-order valence-corrected chi connectivity index (χ3v) is 5.91. The molecular weight excluding hydrogens is 324 g/mol. The summed E-state index contributed by atoms with van der Waals surface area (Å²) in [6.07, 6.45) is 4.63. The van der Waals surface area contributed by atoms with Crippen LogP contribution < -0.4 is 0 Å². The van der Waals surface area contributed by atoms with E-state index in [9.17, 15) is 4.79 Å². The fourth-order valence-corrected chi connectivity index (χ4v) is 4.15. The summed E-state index contributed by atoms with van der Waals surface area (Å²) in [5.41, 5.74) is 1.11. The van der Waals surface area contributed by atoms with Gasteiger partial charge in [-0.1, -0.05) is 37.3 Å². The molecule has 144 valence electrons. The molecule has 2 atom stereocenters. The zero-order valence-corrected chi connectivity index (χ0v) is 16.4. The summed E-state index contributed by atoms with van der Waals surface area (Å²) >= 11 is 0. The molecule has 2 fully saturated rings. The molecule has 0 saturated carbocycles. The standard InChI is InChI=1S/C22H34N2O2/c1-18-10-13-23(14-11-18)15-21-9-6-12-24(16-21)22(25)19(2)26-17-20-7-4-3-5-8-20/h3-5,7-8,18-19,21H,6,9-17H2,1-2H3/t19-,21-/m1/s1. The minimum atomic E-state index is -0.371. The molecule has 0 bridgehead atoms. The maximum atomic E-state index is 12.8. The molecular formula is C22H34N2O2. The lowest BCUT2D eigenvalue weighted by Gasteiger charge is -2.38. The lowest BCUT2D eigenvalue weighted by Crippen LogP contribution is -2.48. The van der Waals surface area contributed by atoms with E-state index in [0.29, 0.717) is 12.5 Å². The Morgan fingerprint density at radius 3 is 2.62 bits per heavy atom. The van der Waals surface area contributed by atoms with Crippen molar-refractivity contribution in [3.8, 4) is 0 Å². The third-order valence-electron chi connectivity index (χ3n) is 5.91. The van der Waals surface area contributed by atoms with Crippen LogP contribution in [-0.4, -0.2) is 54.5 Å². The quantitative estimate of drug-likeness (QED) is 0.779. The van der Waals surface area contributed by atoms with Gasteiger partial charge in [0.05, 0.1) is 6.61 Å². The van der Waals surface area contributed by atoms with Crippen LogP contribution in [0.3, 0.4) is 0 Å². The number of benzene rings is 1. The number of hydrogen-bond acceptors (Lipinski definition) is 3. The van der Waals surface area contributed by atoms with Gasteiger partial charge < -0.3 is 14.5 Å². The van der Waals surface area contributed by atoms with Crippen LogP contribution in [0.1, 0.15) is 45.1 Å². The van der Waals surface area contributed by atoms with E-state index in [1.807, 2.05) is 42.2 Å². The van der Waals surface area contributed by atoms with E-state index < -0.39 is 0 Å². The molecule has 3 rings (SSSR count). The smallest absolute Gasteiger partial charge is 0.251 e. The molecule has 1 amide bonds. The van der Waals surface area contributed by atoms with Crippen LogP contribution in [0, 0.1) is 11.8 Å². The summed E-state index contributed by atoms with van der Waals surface area (Å²) in [5.74, 6) is 1.64. The zero-order chi connectivity index (χ0) is 18.4. The Labute approximate surface area is 158 Å². The van der Waals surface area contributed by atoms with E-state index in [-0.39, 0.29) is 12.0 Å². The van der Waals surface area contributed by atoms with Gasteiger partial charge in [-0.3, -0.25) is 4.79 Å². The van der Waals surface area contributed by atoms with Gasteiger partial charge in [-0.2, -0.15) is 0 Å². The zero-order valence-electron chi connectivity index (χ0n) is 16.4. The second kappa shape index (κ2) is 9.52. The van der Waals surface area contributed by atoms with E-state index in [1.165, 1.54) is 32.4 Å². The highest BCUT2D eigenvalue weighted by Gasteiger charge is 2.29. The molecule has 1 aromatic carbocycles. The molecule has 0 aromatic heterocycles.